The van der Waals surface area contributed by atoms with Gasteiger partial charge in [0.05, 0.1) is 12.1 Å². The van der Waals surface area contributed by atoms with Crippen LogP contribution in [0.3, 0.4) is 0 Å². The predicted octanol–water partition coefficient (Wildman–Crippen LogP) is 3.40. The van der Waals surface area contributed by atoms with Crippen molar-refractivity contribution in [3.8, 4) is 0 Å². The smallest absolute Gasteiger partial charge is 0.237 e. The summed E-state index contributed by atoms with van der Waals surface area (Å²) in [6, 6.07) is 12.9. The van der Waals surface area contributed by atoms with Crippen LogP contribution in [0.15, 0.2) is 41.8 Å². The molecule has 3 rings (SSSR count). The quantitative estimate of drug-likeness (QED) is 0.858. The molecule has 2 N–H and O–H groups in total. The zero-order valence-corrected chi connectivity index (χ0v) is 13.8. The number of amides is 1. The van der Waals surface area contributed by atoms with Gasteiger partial charge in [0.25, 0.3) is 0 Å². The van der Waals surface area contributed by atoms with Gasteiger partial charge in [-0.2, -0.15) is 0 Å². The SMILES string of the molecule is Cc1ccc([C@@H](N[C@@H](C)C(=O)NC2CC2)c2cccs2)cc1. The summed E-state index contributed by atoms with van der Waals surface area (Å²) >= 11 is 1.72. The molecule has 1 fully saturated rings. The van der Waals surface area contributed by atoms with Gasteiger partial charge in [-0.3, -0.25) is 10.1 Å². The minimum absolute atomic E-state index is 0.0561. The molecule has 0 saturated heterocycles. The Bertz CT molecular complexity index is 617. The largest absolute Gasteiger partial charge is 0.352 e. The van der Waals surface area contributed by atoms with Gasteiger partial charge in [-0.1, -0.05) is 35.9 Å². The first kappa shape index (κ1) is 15.3. The molecule has 0 unspecified atom stereocenters. The fraction of sp³-hybridized carbons (Fsp3) is 0.389. The summed E-state index contributed by atoms with van der Waals surface area (Å²) in [5.74, 6) is 0.0937. The molecule has 22 heavy (non-hydrogen) atoms. The second-order valence-corrected chi connectivity index (χ2v) is 7.01. The van der Waals surface area contributed by atoms with Gasteiger partial charge in [-0.15, -0.1) is 11.3 Å². The fourth-order valence-electron chi connectivity index (χ4n) is 2.44. The molecule has 1 amide bonds. The van der Waals surface area contributed by atoms with Crippen molar-refractivity contribution in [1.82, 2.24) is 10.6 Å². The summed E-state index contributed by atoms with van der Waals surface area (Å²) in [5, 5.41) is 8.63. The van der Waals surface area contributed by atoms with Crippen LogP contribution in [0, 0.1) is 6.92 Å². The molecule has 0 aliphatic heterocycles. The van der Waals surface area contributed by atoms with Gasteiger partial charge in [0.1, 0.15) is 0 Å². The number of aryl methyl sites for hydroxylation is 1. The summed E-state index contributed by atoms with van der Waals surface area (Å²) in [7, 11) is 0. The average molecular weight is 314 g/mol. The predicted molar refractivity (Wildman–Crippen MR) is 91.1 cm³/mol. The lowest BCUT2D eigenvalue weighted by atomic mass is 10.0. The lowest BCUT2D eigenvalue weighted by Gasteiger charge is -2.23. The second kappa shape index (κ2) is 6.63. The molecule has 116 valence electrons. The Morgan fingerprint density at radius 1 is 1.23 bits per heavy atom. The maximum Gasteiger partial charge on any atom is 0.237 e. The van der Waals surface area contributed by atoms with E-state index < -0.39 is 0 Å². The number of carbonyl (C=O) groups excluding carboxylic acids is 1. The van der Waals surface area contributed by atoms with Crippen LogP contribution >= 0.6 is 11.3 Å². The highest BCUT2D eigenvalue weighted by atomic mass is 32.1. The van der Waals surface area contributed by atoms with Gasteiger partial charge in [0, 0.05) is 10.9 Å². The first-order valence-electron chi connectivity index (χ1n) is 7.80. The minimum atomic E-state index is -0.214. The van der Waals surface area contributed by atoms with E-state index in [1.54, 1.807) is 11.3 Å². The number of thiophene rings is 1. The third kappa shape index (κ3) is 3.76. The van der Waals surface area contributed by atoms with Crippen molar-refractivity contribution in [2.24, 2.45) is 0 Å². The van der Waals surface area contributed by atoms with Crippen molar-refractivity contribution in [3.63, 3.8) is 0 Å². The van der Waals surface area contributed by atoms with Gasteiger partial charge in [0.15, 0.2) is 0 Å². The topological polar surface area (TPSA) is 41.1 Å². The number of nitrogens with one attached hydrogen (secondary N) is 2. The number of benzene rings is 1. The van der Waals surface area contributed by atoms with Crippen LogP contribution in [-0.4, -0.2) is 18.0 Å². The Kier molecular flexibility index (Phi) is 4.60. The second-order valence-electron chi connectivity index (χ2n) is 6.03. The van der Waals surface area contributed by atoms with E-state index in [1.165, 1.54) is 16.0 Å². The number of carbonyl (C=O) groups is 1. The van der Waals surface area contributed by atoms with Gasteiger partial charge in [-0.25, -0.2) is 0 Å². The van der Waals surface area contributed by atoms with E-state index in [9.17, 15) is 4.79 Å². The monoisotopic (exact) mass is 314 g/mol. The maximum absolute atomic E-state index is 12.2. The standard InChI is InChI=1S/C18H22N2OS/c1-12-5-7-14(8-6-12)17(16-4-3-11-22-16)19-13(2)18(21)20-15-9-10-15/h3-8,11,13,15,17,19H,9-10H2,1-2H3,(H,20,21)/t13-,17+/m0/s1. The molecule has 1 heterocycles. The van der Waals surface area contributed by atoms with Crippen LogP contribution in [0.4, 0.5) is 0 Å². The van der Waals surface area contributed by atoms with Crippen molar-refractivity contribution in [1.29, 1.82) is 0 Å². The van der Waals surface area contributed by atoms with E-state index in [0.29, 0.717) is 6.04 Å². The van der Waals surface area contributed by atoms with Gasteiger partial charge in [-0.05, 0) is 43.7 Å². The number of hydrogen-bond donors (Lipinski definition) is 2. The van der Waals surface area contributed by atoms with Crippen molar-refractivity contribution >= 4 is 17.2 Å². The molecule has 4 heteroatoms. The highest BCUT2D eigenvalue weighted by Crippen LogP contribution is 2.27. The van der Waals surface area contributed by atoms with Crippen LogP contribution in [0.2, 0.25) is 0 Å². The van der Waals surface area contributed by atoms with Gasteiger partial charge in [0.2, 0.25) is 5.91 Å². The Balaban J connectivity index is 1.76. The maximum atomic E-state index is 12.2. The van der Waals surface area contributed by atoms with Crippen LogP contribution in [0.1, 0.15) is 41.8 Å². The molecule has 0 radical (unpaired) electrons. The molecular weight excluding hydrogens is 292 g/mol. The van der Waals surface area contributed by atoms with Crippen molar-refractivity contribution < 1.29 is 4.79 Å². The molecule has 0 bridgehead atoms. The lowest BCUT2D eigenvalue weighted by molar-refractivity contribution is -0.123. The molecule has 2 aromatic rings. The first-order chi connectivity index (χ1) is 10.6. The Morgan fingerprint density at radius 3 is 2.55 bits per heavy atom. The molecule has 0 spiro atoms. The van der Waals surface area contributed by atoms with Crippen molar-refractivity contribution in [3.05, 3.63) is 57.8 Å². The van der Waals surface area contributed by atoms with E-state index in [0.717, 1.165) is 12.8 Å². The molecule has 1 aromatic carbocycles. The molecule has 1 aliphatic carbocycles. The van der Waals surface area contributed by atoms with Crippen LogP contribution in [0.5, 0.6) is 0 Å². The third-order valence-corrected chi connectivity index (χ3v) is 4.91. The van der Waals surface area contributed by atoms with Gasteiger partial charge < -0.3 is 5.32 Å². The molecule has 3 nitrogen and oxygen atoms in total. The number of rotatable bonds is 6. The Morgan fingerprint density at radius 2 is 1.95 bits per heavy atom. The lowest BCUT2D eigenvalue weighted by Crippen LogP contribution is -2.44. The van der Waals surface area contributed by atoms with Crippen LogP contribution in [-0.2, 0) is 4.79 Å². The van der Waals surface area contributed by atoms with Gasteiger partial charge >= 0.3 is 0 Å². The van der Waals surface area contributed by atoms with Crippen molar-refractivity contribution in [2.45, 2.75) is 44.8 Å². The van der Waals surface area contributed by atoms with E-state index >= 15 is 0 Å². The number of hydrogen-bond acceptors (Lipinski definition) is 3. The Hall–Kier alpha value is -1.65. The molecule has 1 aromatic heterocycles. The summed E-state index contributed by atoms with van der Waals surface area (Å²) in [5.41, 5.74) is 2.44. The fourth-order valence-corrected chi connectivity index (χ4v) is 3.25. The molecule has 1 aliphatic rings. The Labute approximate surface area is 135 Å². The zero-order chi connectivity index (χ0) is 15.5. The van der Waals surface area contributed by atoms with Crippen molar-refractivity contribution in [2.75, 3.05) is 0 Å². The van der Waals surface area contributed by atoms with Crippen LogP contribution < -0.4 is 10.6 Å². The normalized spacial score (nSPS) is 17.0. The van der Waals surface area contributed by atoms with Crippen LogP contribution in [0.25, 0.3) is 0 Å². The van der Waals surface area contributed by atoms with E-state index in [-0.39, 0.29) is 18.0 Å². The highest BCUT2D eigenvalue weighted by molar-refractivity contribution is 7.10. The average Bonchev–Trinajstić information content (AvgIpc) is 3.16. The molecule has 2 atom stereocenters. The first-order valence-corrected chi connectivity index (χ1v) is 8.68. The summed E-state index contributed by atoms with van der Waals surface area (Å²) in [4.78, 5) is 13.4. The zero-order valence-electron chi connectivity index (χ0n) is 13.0. The highest BCUT2D eigenvalue weighted by Gasteiger charge is 2.27. The summed E-state index contributed by atoms with van der Waals surface area (Å²) in [6.07, 6.45) is 2.23. The van der Waals surface area contributed by atoms with E-state index in [2.05, 4.69) is 59.3 Å². The summed E-state index contributed by atoms with van der Waals surface area (Å²) < 4.78 is 0. The summed E-state index contributed by atoms with van der Waals surface area (Å²) in [6.45, 7) is 4.02. The molecular formula is C18H22N2OS. The van der Waals surface area contributed by atoms with E-state index in [1.807, 2.05) is 6.92 Å². The minimum Gasteiger partial charge on any atom is -0.352 e. The van der Waals surface area contributed by atoms with E-state index in [4.69, 9.17) is 0 Å². The molecule has 1 saturated carbocycles. The third-order valence-electron chi connectivity index (χ3n) is 3.97.